The lowest BCUT2D eigenvalue weighted by atomic mass is 9.88. The van der Waals surface area contributed by atoms with Crippen molar-refractivity contribution >= 4 is 11.8 Å². The van der Waals surface area contributed by atoms with Crippen molar-refractivity contribution in [1.82, 2.24) is 10.2 Å². The molecular formula is C27H38N2O7. The Morgan fingerprint density at radius 2 is 1.50 bits per heavy atom. The number of rotatable bonds is 12. The van der Waals surface area contributed by atoms with Crippen molar-refractivity contribution in [2.45, 2.75) is 70.7 Å². The predicted octanol–water partition coefficient (Wildman–Crippen LogP) is 1.51. The van der Waals surface area contributed by atoms with Crippen LogP contribution >= 0.6 is 0 Å². The third kappa shape index (κ3) is 6.89. The fourth-order valence-corrected chi connectivity index (χ4v) is 4.05. The van der Waals surface area contributed by atoms with E-state index in [-0.39, 0.29) is 17.0 Å². The van der Waals surface area contributed by atoms with Gasteiger partial charge in [-0.2, -0.15) is 0 Å². The van der Waals surface area contributed by atoms with Crippen molar-refractivity contribution in [3.63, 3.8) is 0 Å². The molecule has 36 heavy (non-hydrogen) atoms. The Labute approximate surface area is 212 Å². The van der Waals surface area contributed by atoms with E-state index < -0.39 is 36.0 Å². The van der Waals surface area contributed by atoms with E-state index in [1.807, 2.05) is 13.8 Å². The van der Waals surface area contributed by atoms with Gasteiger partial charge in [-0.05, 0) is 56.0 Å². The van der Waals surface area contributed by atoms with E-state index in [9.17, 15) is 35.1 Å². The molecule has 0 saturated carbocycles. The number of nitrogens with one attached hydrogen (secondary N) is 1. The SMILES string of the molecule is CCCN(CCC)C(=O)c1cc(C)cc(C(=O)N[C@](O)(C(O)c2ccccc2)[C@@H](O)[C@H](O)[C@@H](C)O)c1. The summed E-state index contributed by atoms with van der Waals surface area (Å²) in [4.78, 5) is 28.1. The minimum Gasteiger partial charge on any atom is -0.391 e. The van der Waals surface area contributed by atoms with Gasteiger partial charge in [-0.25, -0.2) is 0 Å². The molecule has 9 heteroatoms. The van der Waals surface area contributed by atoms with Crippen LogP contribution < -0.4 is 5.32 Å². The Balaban J connectivity index is 2.46. The van der Waals surface area contributed by atoms with E-state index in [0.717, 1.165) is 12.8 Å². The first-order valence-electron chi connectivity index (χ1n) is 12.2. The molecule has 198 valence electrons. The van der Waals surface area contributed by atoms with Gasteiger partial charge in [0, 0.05) is 24.2 Å². The first-order valence-corrected chi connectivity index (χ1v) is 12.2. The first kappa shape index (κ1) is 29.4. The topological polar surface area (TPSA) is 151 Å². The highest BCUT2D eigenvalue weighted by Gasteiger charge is 2.49. The Kier molecular flexibility index (Phi) is 10.6. The van der Waals surface area contributed by atoms with Crippen molar-refractivity contribution in [2.75, 3.05) is 13.1 Å². The molecule has 0 fully saturated rings. The minimum atomic E-state index is -2.78. The molecule has 0 aliphatic rings. The molecule has 9 nitrogen and oxygen atoms in total. The summed E-state index contributed by atoms with van der Waals surface area (Å²) in [5.41, 5.74) is -1.69. The van der Waals surface area contributed by atoms with Crippen LogP contribution in [-0.4, -0.2) is 79.4 Å². The number of hydrogen-bond donors (Lipinski definition) is 6. The van der Waals surface area contributed by atoms with Crippen LogP contribution in [0.15, 0.2) is 48.5 Å². The predicted molar refractivity (Wildman–Crippen MR) is 135 cm³/mol. The number of carbonyl (C=O) groups excluding carboxylic acids is 2. The van der Waals surface area contributed by atoms with E-state index in [2.05, 4.69) is 5.32 Å². The lowest BCUT2D eigenvalue weighted by molar-refractivity contribution is -0.203. The largest absolute Gasteiger partial charge is 0.391 e. The van der Waals surface area contributed by atoms with Crippen LogP contribution in [0.4, 0.5) is 0 Å². The molecule has 0 spiro atoms. The zero-order valence-electron chi connectivity index (χ0n) is 21.3. The van der Waals surface area contributed by atoms with E-state index >= 15 is 0 Å². The Morgan fingerprint density at radius 1 is 0.944 bits per heavy atom. The molecule has 2 amide bonds. The average molecular weight is 503 g/mol. The van der Waals surface area contributed by atoms with E-state index in [1.54, 1.807) is 36.1 Å². The molecule has 2 rings (SSSR count). The number of hydrogen-bond acceptors (Lipinski definition) is 7. The maximum absolute atomic E-state index is 13.3. The van der Waals surface area contributed by atoms with Crippen molar-refractivity contribution in [1.29, 1.82) is 0 Å². The second-order valence-electron chi connectivity index (χ2n) is 9.15. The van der Waals surface area contributed by atoms with E-state index in [0.29, 0.717) is 24.2 Å². The highest BCUT2D eigenvalue weighted by atomic mass is 16.4. The van der Waals surface area contributed by atoms with Crippen LogP contribution in [-0.2, 0) is 0 Å². The maximum Gasteiger partial charge on any atom is 0.253 e. The molecule has 0 aromatic heterocycles. The number of carbonyl (C=O) groups is 2. The Morgan fingerprint density at radius 3 is 2.03 bits per heavy atom. The summed E-state index contributed by atoms with van der Waals surface area (Å²) in [6.07, 6.45) is -5.83. The van der Waals surface area contributed by atoms with Gasteiger partial charge in [0.1, 0.15) is 18.3 Å². The van der Waals surface area contributed by atoms with Crippen LogP contribution in [0.5, 0.6) is 0 Å². The van der Waals surface area contributed by atoms with Gasteiger partial charge >= 0.3 is 0 Å². The standard InChI is InChI=1S/C27H38N2O7/c1-5-12-29(13-6-2)26(35)21-15-17(3)14-20(16-21)25(34)28-27(36,24(33)22(31)18(4)30)23(32)19-10-8-7-9-11-19/h7-11,14-16,18,22-24,30-33,36H,5-6,12-13H2,1-4H3,(H,28,34)/t18-,22-,23?,24+,27+/m1/s1. The Bertz CT molecular complexity index is 1010. The van der Waals surface area contributed by atoms with E-state index in [4.69, 9.17) is 0 Å². The van der Waals surface area contributed by atoms with Crippen molar-refractivity contribution in [3.05, 3.63) is 70.8 Å². The molecule has 5 atom stereocenters. The number of aryl methyl sites for hydroxylation is 1. The fraction of sp³-hybridized carbons (Fsp3) is 0.481. The molecule has 0 aliphatic carbocycles. The second kappa shape index (κ2) is 12.9. The van der Waals surface area contributed by atoms with Gasteiger partial charge in [0.15, 0.2) is 5.72 Å². The summed E-state index contributed by atoms with van der Waals surface area (Å²) in [6, 6.07) is 12.4. The van der Waals surface area contributed by atoms with Gasteiger partial charge < -0.3 is 35.7 Å². The third-order valence-electron chi connectivity index (χ3n) is 5.98. The lowest BCUT2D eigenvalue weighted by Gasteiger charge is -2.40. The first-order chi connectivity index (χ1) is 17.0. The summed E-state index contributed by atoms with van der Waals surface area (Å²) in [7, 11) is 0. The smallest absolute Gasteiger partial charge is 0.253 e. The summed E-state index contributed by atoms with van der Waals surface area (Å²) < 4.78 is 0. The molecule has 0 saturated heterocycles. The number of aliphatic hydroxyl groups is 5. The molecule has 0 heterocycles. The van der Waals surface area contributed by atoms with Gasteiger partial charge in [-0.15, -0.1) is 0 Å². The molecule has 2 aromatic rings. The van der Waals surface area contributed by atoms with Gasteiger partial charge in [-0.1, -0.05) is 44.2 Å². The zero-order valence-corrected chi connectivity index (χ0v) is 21.3. The molecule has 0 aliphatic heterocycles. The highest BCUT2D eigenvalue weighted by Crippen LogP contribution is 2.30. The number of amides is 2. The van der Waals surface area contributed by atoms with Crippen molar-refractivity contribution < 1.29 is 35.1 Å². The second-order valence-corrected chi connectivity index (χ2v) is 9.15. The molecule has 1 unspecified atom stereocenters. The maximum atomic E-state index is 13.3. The normalized spacial score (nSPS) is 16.4. The van der Waals surface area contributed by atoms with Crippen LogP contribution in [0.3, 0.4) is 0 Å². The number of aliphatic hydroxyl groups excluding tert-OH is 4. The van der Waals surface area contributed by atoms with Gasteiger partial charge in [0.05, 0.1) is 6.10 Å². The van der Waals surface area contributed by atoms with E-state index in [1.165, 1.54) is 31.2 Å². The molecule has 6 N–H and O–H groups in total. The summed E-state index contributed by atoms with van der Waals surface area (Å²) in [5, 5.41) is 55.3. The zero-order chi connectivity index (χ0) is 27.0. The number of benzene rings is 2. The van der Waals surface area contributed by atoms with Crippen molar-refractivity contribution in [2.24, 2.45) is 0 Å². The van der Waals surface area contributed by atoms with Crippen LogP contribution in [0.25, 0.3) is 0 Å². The van der Waals surface area contributed by atoms with Crippen LogP contribution in [0.2, 0.25) is 0 Å². The van der Waals surface area contributed by atoms with Crippen molar-refractivity contribution in [3.8, 4) is 0 Å². The lowest BCUT2D eigenvalue weighted by Crippen LogP contribution is -2.65. The van der Waals surface area contributed by atoms with Gasteiger partial charge in [-0.3, -0.25) is 9.59 Å². The summed E-state index contributed by atoms with van der Waals surface area (Å²) >= 11 is 0. The highest BCUT2D eigenvalue weighted by molar-refractivity contribution is 6.00. The summed E-state index contributed by atoms with van der Waals surface area (Å²) in [6.45, 7) is 7.98. The third-order valence-corrected chi connectivity index (χ3v) is 5.98. The Hall–Kier alpha value is -2.82. The molecule has 0 bridgehead atoms. The summed E-state index contributed by atoms with van der Waals surface area (Å²) in [5.74, 6) is -1.12. The molecule has 0 radical (unpaired) electrons. The monoisotopic (exact) mass is 502 g/mol. The molecular weight excluding hydrogens is 464 g/mol. The van der Waals surface area contributed by atoms with Crippen LogP contribution in [0.1, 0.15) is 71.6 Å². The van der Waals surface area contributed by atoms with Gasteiger partial charge in [0.2, 0.25) is 0 Å². The molecule has 2 aromatic carbocycles. The number of nitrogens with zero attached hydrogens (tertiary/aromatic N) is 1. The average Bonchev–Trinajstić information content (AvgIpc) is 2.86. The quantitative estimate of drug-likeness (QED) is 0.241. The van der Waals surface area contributed by atoms with Crippen LogP contribution in [0, 0.1) is 6.92 Å². The minimum absolute atomic E-state index is 0.0173. The fourth-order valence-electron chi connectivity index (χ4n) is 4.05. The van der Waals surface area contributed by atoms with Gasteiger partial charge in [0.25, 0.3) is 11.8 Å².